The van der Waals surface area contributed by atoms with E-state index in [2.05, 4.69) is 52.1 Å². The molecule has 180 valence electrons. The van der Waals surface area contributed by atoms with Crippen LogP contribution in [0.2, 0.25) is 5.02 Å². The minimum absolute atomic E-state index is 0.100. The van der Waals surface area contributed by atoms with Crippen molar-refractivity contribution in [1.82, 2.24) is 10.2 Å². The number of hydrogen-bond acceptors (Lipinski definition) is 4. The van der Waals surface area contributed by atoms with Crippen LogP contribution < -0.4 is 5.32 Å². The van der Waals surface area contributed by atoms with E-state index in [0.29, 0.717) is 12.3 Å². The summed E-state index contributed by atoms with van der Waals surface area (Å²) in [6.07, 6.45) is 5.08. The van der Waals surface area contributed by atoms with Gasteiger partial charge >= 0.3 is 5.97 Å². The average molecular weight is 483 g/mol. The molecule has 2 N–H and O–H groups in total. The molecule has 0 aliphatic rings. The number of nitrogens with one attached hydrogen (secondary N) is 1. The van der Waals surface area contributed by atoms with Gasteiger partial charge in [0.15, 0.2) is 0 Å². The number of rotatable bonds is 15. The highest BCUT2D eigenvalue weighted by Crippen LogP contribution is 2.41. The number of carboxylic acids is 1. The van der Waals surface area contributed by atoms with Gasteiger partial charge in [0.1, 0.15) is 0 Å². The van der Waals surface area contributed by atoms with Crippen LogP contribution in [0, 0.1) is 11.8 Å². The number of carbonyl (C=O) groups excluding carboxylic acids is 1. The van der Waals surface area contributed by atoms with Crippen LogP contribution >= 0.6 is 23.4 Å². The maximum Gasteiger partial charge on any atom is 0.305 e. The molecule has 1 unspecified atom stereocenters. The van der Waals surface area contributed by atoms with E-state index in [0.717, 1.165) is 46.1 Å². The molecule has 1 rings (SSSR count). The van der Waals surface area contributed by atoms with Gasteiger partial charge in [0.2, 0.25) is 6.41 Å². The van der Waals surface area contributed by atoms with Crippen molar-refractivity contribution >= 4 is 35.7 Å². The summed E-state index contributed by atoms with van der Waals surface area (Å²) in [6.45, 7) is 10.9. The Morgan fingerprint density at radius 2 is 2.00 bits per heavy atom. The van der Waals surface area contributed by atoms with Gasteiger partial charge < -0.3 is 15.3 Å². The number of thioether (sulfide) groups is 1. The van der Waals surface area contributed by atoms with Gasteiger partial charge in [-0.25, -0.2) is 0 Å². The highest BCUT2D eigenvalue weighted by molar-refractivity contribution is 7.99. The number of likely N-dealkylation sites (N-methyl/N-ethyl adjacent to an activating group) is 1. The first-order valence-corrected chi connectivity index (χ1v) is 12.8. The van der Waals surface area contributed by atoms with E-state index in [4.69, 9.17) is 16.7 Å². The molecule has 0 bridgehead atoms. The third-order valence-corrected chi connectivity index (χ3v) is 7.63. The highest BCUT2D eigenvalue weighted by atomic mass is 35.5. The molecule has 0 saturated heterocycles. The van der Waals surface area contributed by atoms with Crippen LogP contribution in [0.5, 0.6) is 0 Å². The Labute approximate surface area is 203 Å². The highest BCUT2D eigenvalue weighted by Gasteiger charge is 2.37. The molecule has 0 heterocycles. The fourth-order valence-corrected chi connectivity index (χ4v) is 5.03. The van der Waals surface area contributed by atoms with E-state index >= 15 is 0 Å². The largest absolute Gasteiger partial charge is 0.481 e. The summed E-state index contributed by atoms with van der Waals surface area (Å²) >= 11 is 8.47. The molecule has 32 heavy (non-hydrogen) atoms. The molecule has 0 aliphatic carbocycles. The normalized spacial score (nSPS) is 14.8. The predicted octanol–water partition coefficient (Wildman–Crippen LogP) is 6.17. The monoisotopic (exact) mass is 482 g/mol. The van der Waals surface area contributed by atoms with Crippen molar-refractivity contribution in [2.75, 3.05) is 19.3 Å². The predicted molar refractivity (Wildman–Crippen MR) is 135 cm³/mol. The molecule has 7 heteroatoms. The fourth-order valence-electron chi connectivity index (χ4n) is 3.81. The molecule has 0 fully saturated rings. The quantitative estimate of drug-likeness (QED) is 0.231. The topological polar surface area (TPSA) is 69.6 Å². The molecule has 0 aromatic heterocycles. The summed E-state index contributed by atoms with van der Waals surface area (Å²) in [6, 6.07) is 6.25. The van der Waals surface area contributed by atoms with Crippen molar-refractivity contribution in [3.8, 4) is 0 Å². The van der Waals surface area contributed by atoms with E-state index in [1.807, 2.05) is 19.3 Å². The summed E-state index contributed by atoms with van der Waals surface area (Å²) < 4.78 is 0. The first kappa shape index (κ1) is 28.5. The van der Waals surface area contributed by atoms with Gasteiger partial charge in [-0.15, -0.1) is 11.8 Å². The van der Waals surface area contributed by atoms with E-state index in [1.54, 1.807) is 11.8 Å². The first-order chi connectivity index (χ1) is 15.1. The van der Waals surface area contributed by atoms with Crippen LogP contribution in [-0.2, 0) is 15.1 Å². The molecular formula is C25H39ClN2O3S. The van der Waals surface area contributed by atoms with Gasteiger partial charge in [0.05, 0.1) is 17.0 Å². The van der Waals surface area contributed by atoms with Gasteiger partial charge in [-0.3, -0.25) is 9.59 Å². The minimum Gasteiger partial charge on any atom is -0.481 e. The Balaban J connectivity index is 3.55. The van der Waals surface area contributed by atoms with Crippen molar-refractivity contribution in [3.63, 3.8) is 0 Å². The summed E-state index contributed by atoms with van der Waals surface area (Å²) in [5.41, 5.74) is 1.59. The number of carbonyl (C=O) groups is 2. The molecule has 0 radical (unpaired) electrons. The van der Waals surface area contributed by atoms with Crippen LogP contribution in [0.3, 0.4) is 0 Å². The van der Waals surface area contributed by atoms with Gasteiger partial charge in [-0.05, 0) is 55.0 Å². The van der Waals surface area contributed by atoms with Crippen LogP contribution in [-0.4, -0.2) is 41.7 Å². The lowest BCUT2D eigenvalue weighted by Crippen LogP contribution is -2.44. The second-order valence-electron chi connectivity index (χ2n) is 8.64. The molecule has 1 aromatic carbocycles. The van der Waals surface area contributed by atoms with E-state index in [-0.39, 0.29) is 18.9 Å². The van der Waals surface area contributed by atoms with E-state index in [9.17, 15) is 9.59 Å². The standard InChI is InChI=1S/C25H39ClN2O3S/c1-7-12-25(27-6,20-9-10-23(22(26)14-20)32-16-18(3)4)21(19(5)8-2)15-28(17-29)13-11-24(30)31/h9-10,14-15,17-19,27H,7-8,11-13,16H2,1-6H3,(H,30,31)/b21-15-/t19?,25-/m0/s1. The number of benzene rings is 1. The first-order valence-electron chi connectivity index (χ1n) is 11.4. The van der Waals surface area contributed by atoms with Crippen molar-refractivity contribution in [1.29, 1.82) is 0 Å². The molecule has 0 aliphatic heterocycles. The van der Waals surface area contributed by atoms with Crippen LogP contribution in [0.25, 0.3) is 0 Å². The number of aliphatic carboxylic acids is 1. The smallest absolute Gasteiger partial charge is 0.305 e. The summed E-state index contributed by atoms with van der Waals surface area (Å²) in [5, 5.41) is 13.3. The summed E-state index contributed by atoms with van der Waals surface area (Å²) in [7, 11) is 1.93. The third kappa shape index (κ3) is 7.82. The molecule has 0 saturated carbocycles. The van der Waals surface area contributed by atoms with Gasteiger partial charge in [-0.1, -0.05) is 58.7 Å². The van der Waals surface area contributed by atoms with Crippen molar-refractivity contribution in [2.24, 2.45) is 11.8 Å². The zero-order valence-corrected chi connectivity index (χ0v) is 21.9. The van der Waals surface area contributed by atoms with Gasteiger partial charge in [0.25, 0.3) is 0 Å². The Bertz CT molecular complexity index is 784. The molecule has 1 amide bonds. The number of carboxylic acid groups (broad SMARTS) is 1. The second-order valence-corrected chi connectivity index (χ2v) is 10.1. The zero-order chi connectivity index (χ0) is 24.3. The number of hydrogen-bond donors (Lipinski definition) is 2. The van der Waals surface area contributed by atoms with E-state index < -0.39 is 11.5 Å². The lowest BCUT2D eigenvalue weighted by Gasteiger charge is -2.40. The lowest BCUT2D eigenvalue weighted by atomic mass is 9.74. The van der Waals surface area contributed by atoms with Gasteiger partial charge in [-0.2, -0.15) is 0 Å². The second kappa shape index (κ2) is 13.9. The van der Waals surface area contributed by atoms with E-state index in [1.165, 1.54) is 4.90 Å². The van der Waals surface area contributed by atoms with Gasteiger partial charge in [0, 0.05) is 23.4 Å². The Morgan fingerprint density at radius 1 is 1.31 bits per heavy atom. The Morgan fingerprint density at radius 3 is 2.47 bits per heavy atom. The van der Waals surface area contributed by atoms with Crippen molar-refractivity contribution in [3.05, 3.63) is 40.6 Å². The van der Waals surface area contributed by atoms with Crippen molar-refractivity contribution < 1.29 is 14.7 Å². The number of amides is 1. The Hall–Kier alpha value is -1.50. The lowest BCUT2D eigenvalue weighted by molar-refractivity contribution is -0.137. The van der Waals surface area contributed by atoms with Crippen LogP contribution in [0.15, 0.2) is 34.9 Å². The summed E-state index contributed by atoms with van der Waals surface area (Å²) in [5.74, 6) is 0.827. The van der Waals surface area contributed by atoms with Crippen molar-refractivity contribution in [2.45, 2.75) is 70.7 Å². The molecular weight excluding hydrogens is 444 g/mol. The number of halogens is 1. The molecule has 0 spiro atoms. The number of nitrogens with zero attached hydrogens (tertiary/aromatic N) is 1. The van der Waals surface area contributed by atoms with Crippen LogP contribution in [0.4, 0.5) is 0 Å². The average Bonchev–Trinajstić information content (AvgIpc) is 2.76. The molecule has 2 atom stereocenters. The fraction of sp³-hybridized carbons (Fsp3) is 0.600. The minimum atomic E-state index is -0.926. The molecule has 5 nitrogen and oxygen atoms in total. The maximum absolute atomic E-state index is 11.7. The maximum atomic E-state index is 11.7. The summed E-state index contributed by atoms with van der Waals surface area (Å²) in [4.78, 5) is 25.3. The van der Waals surface area contributed by atoms with Crippen LogP contribution in [0.1, 0.15) is 65.9 Å². The zero-order valence-electron chi connectivity index (χ0n) is 20.3. The SMILES string of the molecule is CCC[C@@](NC)(/C(=C\N(C=O)CCC(=O)O)C(C)CC)c1ccc(SCC(C)C)c(Cl)c1. The Kier molecular flexibility index (Phi) is 12.4. The molecule has 1 aromatic rings. The third-order valence-electron chi connectivity index (χ3n) is 5.71.